The molecular formula is C30H31N5O3S. The average molecular weight is 542 g/mol. The van der Waals surface area contributed by atoms with Gasteiger partial charge in [0.1, 0.15) is 11.5 Å². The molecule has 39 heavy (non-hydrogen) atoms. The number of fused-ring (bicyclic) bond motifs is 1. The number of aromatic nitrogens is 2. The second kappa shape index (κ2) is 11.2. The minimum absolute atomic E-state index is 0.0779. The Morgan fingerprint density at radius 3 is 2.44 bits per heavy atom. The van der Waals surface area contributed by atoms with Crippen LogP contribution in [-0.4, -0.2) is 27.8 Å². The van der Waals surface area contributed by atoms with Crippen molar-refractivity contribution in [2.24, 2.45) is 5.92 Å². The lowest BCUT2D eigenvalue weighted by molar-refractivity contribution is -0.117. The van der Waals surface area contributed by atoms with E-state index in [4.69, 9.17) is 14.7 Å². The molecule has 0 radical (unpaired) electrons. The first kappa shape index (κ1) is 26.4. The van der Waals surface area contributed by atoms with Crippen molar-refractivity contribution >= 4 is 50.8 Å². The predicted octanol–water partition coefficient (Wildman–Crippen LogP) is 6.93. The van der Waals surface area contributed by atoms with E-state index in [0.717, 1.165) is 22.2 Å². The molecule has 2 N–H and O–H groups in total. The summed E-state index contributed by atoms with van der Waals surface area (Å²) in [7, 11) is 0. The van der Waals surface area contributed by atoms with Gasteiger partial charge in [0.25, 0.3) is 0 Å². The third-order valence-electron chi connectivity index (χ3n) is 6.81. The van der Waals surface area contributed by atoms with Crippen molar-refractivity contribution in [3.8, 4) is 11.5 Å². The Labute approximate surface area is 231 Å². The Morgan fingerprint density at radius 1 is 1.08 bits per heavy atom. The van der Waals surface area contributed by atoms with E-state index in [-0.39, 0.29) is 23.9 Å². The van der Waals surface area contributed by atoms with Gasteiger partial charge in [0.2, 0.25) is 17.8 Å². The molecular weight excluding hydrogens is 510 g/mol. The van der Waals surface area contributed by atoms with Gasteiger partial charge < -0.3 is 15.4 Å². The summed E-state index contributed by atoms with van der Waals surface area (Å²) in [5.74, 6) is 2.75. The van der Waals surface area contributed by atoms with Crippen LogP contribution in [0.1, 0.15) is 45.2 Å². The van der Waals surface area contributed by atoms with E-state index in [1.165, 1.54) is 6.08 Å². The number of rotatable bonds is 9. The molecule has 2 atom stereocenters. The quantitative estimate of drug-likeness (QED) is 0.223. The molecule has 1 aliphatic heterocycles. The van der Waals surface area contributed by atoms with E-state index in [1.54, 1.807) is 35.6 Å². The lowest BCUT2D eigenvalue weighted by Gasteiger charge is -2.27. The van der Waals surface area contributed by atoms with Crippen LogP contribution in [0.15, 0.2) is 72.6 Å². The molecule has 2 aromatic heterocycles. The zero-order valence-corrected chi connectivity index (χ0v) is 23.0. The van der Waals surface area contributed by atoms with Gasteiger partial charge >= 0.3 is 0 Å². The molecule has 3 heterocycles. The summed E-state index contributed by atoms with van der Waals surface area (Å²) in [6.07, 6.45) is 2.62. The molecule has 5 rings (SSSR count). The third-order valence-corrected chi connectivity index (χ3v) is 7.71. The standard InChI is InChI=1S/C30H31N5O3S/c1-5-26(36)32-21-8-12-23(13-9-21)38-22-10-6-20(7-11-22)19(4)31-30-33-24-16-17-39-28(24)29(34-30)35-25(18(2)3)14-15-27(35)37/h5-13,16-19,25H,1,14-15H2,2-4H3,(H,32,36)(H,31,33,34)/t19-,25+/m0/s1. The highest BCUT2D eigenvalue weighted by Crippen LogP contribution is 2.37. The number of amides is 2. The number of thiophene rings is 1. The molecule has 9 heteroatoms. The number of ether oxygens (including phenoxy) is 1. The molecule has 0 bridgehead atoms. The van der Waals surface area contributed by atoms with Crippen molar-refractivity contribution in [2.75, 3.05) is 15.5 Å². The Kier molecular flexibility index (Phi) is 7.60. The smallest absolute Gasteiger partial charge is 0.247 e. The highest BCUT2D eigenvalue weighted by atomic mass is 32.1. The van der Waals surface area contributed by atoms with Crippen LogP contribution in [0, 0.1) is 5.92 Å². The molecule has 2 amide bonds. The molecule has 1 aliphatic rings. The topological polar surface area (TPSA) is 96.5 Å². The van der Waals surface area contributed by atoms with Gasteiger partial charge in [-0.2, -0.15) is 4.98 Å². The largest absolute Gasteiger partial charge is 0.457 e. The highest BCUT2D eigenvalue weighted by Gasteiger charge is 2.36. The Morgan fingerprint density at radius 2 is 1.77 bits per heavy atom. The molecule has 2 aromatic carbocycles. The van der Waals surface area contributed by atoms with Crippen LogP contribution in [0.5, 0.6) is 11.5 Å². The maximum Gasteiger partial charge on any atom is 0.247 e. The van der Waals surface area contributed by atoms with Crippen molar-refractivity contribution in [3.63, 3.8) is 0 Å². The summed E-state index contributed by atoms with van der Waals surface area (Å²) < 4.78 is 6.89. The first-order chi connectivity index (χ1) is 18.8. The number of carbonyl (C=O) groups is 2. The monoisotopic (exact) mass is 541 g/mol. The SMILES string of the molecule is C=CC(=O)Nc1ccc(Oc2ccc([C@H](C)Nc3nc(N4C(=O)CC[C@@H]4C(C)C)c4sccc4n3)cc2)cc1. The van der Waals surface area contributed by atoms with Crippen LogP contribution < -0.4 is 20.3 Å². The Bertz CT molecular complexity index is 1500. The van der Waals surface area contributed by atoms with Gasteiger partial charge in [-0.05, 0) is 78.7 Å². The van der Waals surface area contributed by atoms with Crippen molar-refractivity contribution < 1.29 is 14.3 Å². The minimum atomic E-state index is -0.261. The summed E-state index contributed by atoms with van der Waals surface area (Å²) >= 11 is 1.56. The summed E-state index contributed by atoms with van der Waals surface area (Å²) in [6, 6.07) is 17.0. The fourth-order valence-corrected chi connectivity index (χ4v) is 5.54. The maximum absolute atomic E-state index is 12.9. The first-order valence-electron chi connectivity index (χ1n) is 13.0. The van der Waals surface area contributed by atoms with E-state index in [0.29, 0.717) is 41.3 Å². The average Bonchev–Trinajstić information content (AvgIpc) is 3.56. The van der Waals surface area contributed by atoms with E-state index < -0.39 is 0 Å². The second-order valence-corrected chi connectivity index (χ2v) is 10.8. The Balaban J connectivity index is 1.30. The van der Waals surface area contributed by atoms with Crippen molar-refractivity contribution in [1.29, 1.82) is 0 Å². The van der Waals surface area contributed by atoms with Crippen molar-refractivity contribution in [2.45, 2.75) is 45.7 Å². The fraction of sp³-hybridized carbons (Fsp3) is 0.267. The highest BCUT2D eigenvalue weighted by molar-refractivity contribution is 7.17. The predicted molar refractivity (Wildman–Crippen MR) is 157 cm³/mol. The van der Waals surface area contributed by atoms with E-state index >= 15 is 0 Å². The molecule has 0 unspecified atom stereocenters. The molecule has 1 saturated heterocycles. The van der Waals surface area contributed by atoms with Gasteiger partial charge in [-0.25, -0.2) is 4.98 Å². The lowest BCUT2D eigenvalue weighted by atomic mass is 10.0. The summed E-state index contributed by atoms with van der Waals surface area (Å²) in [4.78, 5) is 35.8. The van der Waals surface area contributed by atoms with E-state index in [1.807, 2.05) is 47.5 Å². The number of hydrogen-bond donors (Lipinski definition) is 2. The third kappa shape index (κ3) is 5.78. The summed E-state index contributed by atoms with van der Waals surface area (Å²) in [5, 5.41) is 8.12. The molecule has 200 valence electrons. The maximum atomic E-state index is 12.9. The van der Waals surface area contributed by atoms with Gasteiger partial charge in [0, 0.05) is 18.2 Å². The van der Waals surface area contributed by atoms with Gasteiger partial charge in [-0.1, -0.05) is 32.6 Å². The van der Waals surface area contributed by atoms with Gasteiger partial charge in [0.15, 0.2) is 5.82 Å². The zero-order chi connectivity index (χ0) is 27.5. The zero-order valence-electron chi connectivity index (χ0n) is 22.2. The lowest BCUT2D eigenvalue weighted by Crippen LogP contribution is -2.37. The second-order valence-electron chi connectivity index (χ2n) is 9.87. The molecule has 8 nitrogen and oxygen atoms in total. The van der Waals surface area contributed by atoms with Gasteiger partial charge in [0.05, 0.1) is 16.3 Å². The van der Waals surface area contributed by atoms with Crippen LogP contribution in [0.4, 0.5) is 17.5 Å². The van der Waals surface area contributed by atoms with E-state index in [2.05, 4.69) is 31.1 Å². The van der Waals surface area contributed by atoms with Gasteiger partial charge in [-0.3, -0.25) is 14.5 Å². The fourth-order valence-electron chi connectivity index (χ4n) is 4.73. The molecule has 0 aliphatic carbocycles. The minimum Gasteiger partial charge on any atom is -0.457 e. The first-order valence-corrected chi connectivity index (χ1v) is 13.9. The van der Waals surface area contributed by atoms with Crippen LogP contribution in [0.3, 0.4) is 0 Å². The van der Waals surface area contributed by atoms with Crippen LogP contribution >= 0.6 is 11.3 Å². The number of nitrogens with one attached hydrogen (secondary N) is 2. The van der Waals surface area contributed by atoms with Gasteiger partial charge in [-0.15, -0.1) is 11.3 Å². The summed E-state index contributed by atoms with van der Waals surface area (Å²) in [6.45, 7) is 9.80. The number of hydrogen-bond acceptors (Lipinski definition) is 7. The molecule has 0 spiro atoms. The van der Waals surface area contributed by atoms with Crippen molar-refractivity contribution in [1.82, 2.24) is 9.97 Å². The molecule has 0 saturated carbocycles. The number of carbonyl (C=O) groups excluding carboxylic acids is 2. The normalized spacial score (nSPS) is 15.9. The summed E-state index contributed by atoms with van der Waals surface area (Å²) in [5.41, 5.74) is 2.54. The van der Waals surface area contributed by atoms with Crippen LogP contribution in [0.25, 0.3) is 10.2 Å². The Hall–Kier alpha value is -4.24. The number of anilines is 3. The van der Waals surface area contributed by atoms with Crippen LogP contribution in [0.2, 0.25) is 0 Å². The van der Waals surface area contributed by atoms with Crippen LogP contribution in [-0.2, 0) is 9.59 Å². The molecule has 4 aromatic rings. The molecule has 1 fully saturated rings. The number of benzene rings is 2. The van der Waals surface area contributed by atoms with Crippen molar-refractivity contribution in [3.05, 3.63) is 78.2 Å². The number of nitrogens with zero attached hydrogens (tertiary/aromatic N) is 3. The van der Waals surface area contributed by atoms with E-state index in [9.17, 15) is 9.59 Å².